The standard InChI is InChI=1S/C18H32N8O9/c19-8(3-4-13(29)30)14(31)24-9(2-1-5-23-18(21)22)15(32)26-11(7-27)16(33)25-10(17(34)35)6-12(20)28/h8-11,27H,1-7,19H2,(H2,20,28)(H,24,31)(H,25,33)(H,26,32)(H,29,30)(H,34,35)(H4,21,22,23). The summed E-state index contributed by atoms with van der Waals surface area (Å²) >= 11 is 0. The molecule has 0 radical (unpaired) electrons. The highest BCUT2D eigenvalue weighted by atomic mass is 16.4. The van der Waals surface area contributed by atoms with Crippen molar-refractivity contribution < 1.29 is 44.1 Å². The number of aliphatic imine (C=N–C) groups is 1. The van der Waals surface area contributed by atoms with Gasteiger partial charge in [-0.25, -0.2) is 4.79 Å². The van der Waals surface area contributed by atoms with Crippen molar-refractivity contribution in [1.82, 2.24) is 16.0 Å². The van der Waals surface area contributed by atoms with Crippen LogP contribution in [-0.2, 0) is 28.8 Å². The molecule has 0 spiro atoms. The number of amides is 4. The minimum Gasteiger partial charge on any atom is -0.481 e. The fraction of sp³-hybridized carbons (Fsp3) is 0.611. The van der Waals surface area contributed by atoms with E-state index < -0.39 is 79.2 Å². The predicted octanol–water partition coefficient (Wildman–Crippen LogP) is -5.36. The number of carbonyl (C=O) groups excluding carboxylic acids is 4. The first kappa shape index (κ1) is 31.0. The van der Waals surface area contributed by atoms with Crippen LogP contribution in [0.4, 0.5) is 0 Å². The molecule has 0 saturated carbocycles. The van der Waals surface area contributed by atoms with Crippen LogP contribution in [0.15, 0.2) is 4.99 Å². The van der Waals surface area contributed by atoms with E-state index in [1.165, 1.54) is 0 Å². The van der Waals surface area contributed by atoms with Crippen LogP contribution >= 0.6 is 0 Å². The smallest absolute Gasteiger partial charge is 0.326 e. The fourth-order valence-electron chi connectivity index (χ4n) is 2.60. The van der Waals surface area contributed by atoms with Crippen molar-refractivity contribution >= 4 is 41.5 Å². The summed E-state index contributed by atoms with van der Waals surface area (Å²) in [4.78, 5) is 74.0. The van der Waals surface area contributed by atoms with Gasteiger partial charge >= 0.3 is 11.9 Å². The Kier molecular flexibility index (Phi) is 14.0. The second kappa shape index (κ2) is 15.8. The second-order valence-corrected chi connectivity index (χ2v) is 7.36. The van der Waals surface area contributed by atoms with Crippen LogP contribution in [0.2, 0.25) is 0 Å². The molecule has 4 atom stereocenters. The highest BCUT2D eigenvalue weighted by Crippen LogP contribution is 2.03. The van der Waals surface area contributed by atoms with Gasteiger partial charge in [-0.1, -0.05) is 0 Å². The van der Waals surface area contributed by atoms with E-state index in [-0.39, 0.29) is 31.8 Å². The molecule has 0 aliphatic carbocycles. The molecular formula is C18H32N8O9. The monoisotopic (exact) mass is 504 g/mol. The molecule has 0 aliphatic rings. The van der Waals surface area contributed by atoms with Crippen molar-refractivity contribution in [2.45, 2.75) is 56.3 Å². The predicted molar refractivity (Wildman–Crippen MR) is 119 cm³/mol. The molecular weight excluding hydrogens is 472 g/mol. The molecule has 17 nitrogen and oxygen atoms in total. The Bertz CT molecular complexity index is 816. The summed E-state index contributed by atoms with van der Waals surface area (Å²) in [5.74, 6) is -6.86. The third kappa shape index (κ3) is 13.3. The lowest BCUT2D eigenvalue weighted by Gasteiger charge is -2.24. The lowest BCUT2D eigenvalue weighted by atomic mass is 10.1. The lowest BCUT2D eigenvalue weighted by Crippen LogP contribution is -2.58. The van der Waals surface area contributed by atoms with E-state index in [4.69, 9.17) is 33.1 Å². The van der Waals surface area contributed by atoms with E-state index in [1.807, 2.05) is 5.32 Å². The maximum atomic E-state index is 12.7. The van der Waals surface area contributed by atoms with Crippen molar-refractivity contribution in [3.8, 4) is 0 Å². The van der Waals surface area contributed by atoms with Gasteiger partial charge in [0, 0.05) is 13.0 Å². The van der Waals surface area contributed by atoms with Gasteiger partial charge < -0.3 is 54.2 Å². The zero-order valence-corrected chi connectivity index (χ0v) is 18.8. The number of aliphatic hydroxyl groups excluding tert-OH is 1. The molecule has 198 valence electrons. The average Bonchev–Trinajstić information content (AvgIpc) is 2.76. The number of guanidine groups is 1. The number of nitrogens with one attached hydrogen (secondary N) is 3. The number of hydrogen-bond donors (Lipinski definition) is 10. The van der Waals surface area contributed by atoms with Gasteiger partial charge in [0.15, 0.2) is 5.96 Å². The van der Waals surface area contributed by atoms with Crippen LogP contribution in [0.25, 0.3) is 0 Å². The van der Waals surface area contributed by atoms with Gasteiger partial charge in [0.05, 0.1) is 19.1 Å². The molecule has 4 unspecified atom stereocenters. The number of hydrogen-bond acceptors (Lipinski definition) is 9. The number of carbonyl (C=O) groups is 6. The van der Waals surface area contributed by atoms with Gasteiger partial charge in [0.25, 0.3) is 0 Å². The Labute approximate surface area is 199 Å². The fourth-order valence-corrected chi connectivity index (χ4v) is 2.60. The van der Waals surface area contributed by atoms with Gasteiger partial charge in [0.2, 0.25) is 23.6 Å². The Balaban J connectivity index is 5.38. The maximum absolute atomic E-state index is 12.7. The molecule has 0 bridgehead atoms. The quantitative estimate of drug-likeness (QED) is 0.0504. The molecule has 4 amide bonds. The molecule has 0 rings (SSSR count). The summed E-state index contributed by atoms with van der Waals surface area (Å²) < 4.78 is 0. The summed E-state index contributed by atoms with van der Waals surface area (Å²) in [6.45, 7) is -0.863. The van der Waals surface area contributed by atoms with Crippen LogP contribution in [0.5, 0.6) is 0 Å². The molecule has 0 saturated heterocycles. The topological polar surface area (TPSA) is 316 Å². The largest absolute Gasteiger partial charge is 0.481 e. The van der Waals surface area contributed by atoms with Gasteiger partial charge in [0.1, 0.15) is 18.1 Å². The summed E-state index contributed by atoms with van der Waals surface area (Å²) in [6, 6.07) is -5.89. The molecule has 0 heterocycles. The van der Waals surface area contributed by atoms with Crippen LogP contribution in [-0.4, -0.2) is 94.2 Å². The summed E-state index contributed by atoms with van der Waals surface area (Å²) in [7, 11) is 0. The lowest BCUT2D eigenvalue weighted by molar-refractivity contribution is -0.144. The van der Waals surface area contributed by atoms with E-state index in [0.717, 1.165) is 0 Å². The van der Waals surface area contributed by atoms with Gasteiger partial charge in [-0.05, 0) is 19.3 Å². The Morgan fingerprint density at radius 3 is 1.83 bits per heavy atom. The third-order valence-corrected chi connectivity index (χ3v) is 4.42. The number of carboxylic acids is 2. The zero-order valence-electron chi connectivity index (χ0n) is 18.8. The third-order valence-electron chi connectivity index (χ3n) is 4.42. The molecule has 0 aliphatic heterocycles. The molecule has 14 N–H and O–H groups in total. The van der Waals surface area contributed by atoms with E-state index in [9.17, 15) is 33.9 Å². The number of carboxylic acid groups (broad SMARTS) is 2. The van der Waals surface area contributed by atoms with Crippen molar-refractivity contribution in [3.05, 3.63) is 0 Å². The minimum atomic E-state index is -1.70. The van der Waals surface area contributed by atoms with E-state index >= 15 is 0 Å². The first-order chi connectivity index (χ1) is 16.3. The number of aliphatic hydroxyl groups is 1. The number of aliphatic carboxylic acids is 2. The van der Waals surface area contributed by atoms with Crippen molar-refractivity contribution in [2.75, 3.05) is 13.2 Å². The number of nitrogens with two attached hydrogens (primary N) is 4. The normalized spacial score (nSPS) is 13.9. The SMILES string of the molecule is NC(=O)CC(NC(=O)C(CO)NC(=O)C(CCCN=C(N)N)NC(=O)C(N)CCC(=O)O)C(=O)O. The Hall–Kier alpha value is -3.99. The summed E-state index contributed by atoms with van der Waals surface area (Å²) in [6.07, 6.45) is -1.18. The summed E-state index contributed by atoms with van der Waals surface area (Å²) in [5.41, 5.74) is 21.0. The van der Waals surface area contributed by atoms with Gasteiger partial charge in [-0.2, -0.15) is 0 Å². The van der Waals surface area contributed by atoms with Crippen LogP contribution < -0.4 is 38.9 Å². The van der Waals surface area contributed by atoms with Crippen LogP contribution in [0.3, 0.4) is 0 Å². The van der Waals surface area contributed by atoms with E-state index in [0.29, 0.717) is 0 Å². The minimum absolute atomic E-state index is 0.0425. The molecule has 0 aromatic rings. The van der Waals surface area contributed by atoms with Crippen molar-refractivity contribution in [3.63, 3.8) is 0 Å². The molecule has 35 heavy (non-hydrogen) atoms. The van der Waals surface area contributed by atoms with Crippen molar-refractivity contribution in [2.24, 2.45) is 27.9 Å². The highest BCUT2D eigenvalue weighted by molar-refractivity contribution is 5.95. The summed E-state index contributed by atoms with van der Waals surface area (Å²) in [5, 5.41) is 33.8. The number of rotatable bonds is 17. The van der Waals surface area contributed by atoms with Crippen molar-refractivity contribution in [1.29, 1.82) is 0 Å². The van der Waals surface area contributed by atoms with E-state index in [2.05, 4.69) is 15.6 Å². The first-order valence-corrected chi connectivity index (χ1v) is 10.3. The van der Waals surface area contributed by atoms with Crippen LogP contribution in [0, 0.1) is 0 Å². The number of nitrogens with zero attached hydrogens (tertiary/aromatic N) is 1. The highest BCUT2D eigenvalue weighted by Gasteiger charge is 2.30. The van der Waals surface area contributed by atoms with Gasteiger partial charge in [-0.15, -0.1) is 0 Å². The van der Waals surface area contributed by atoms with Gasteiger partial charge in [-0.3, -0.25) is 29.0 Å². The second-order valence-electron chi connectivity index (χ2n) is 7.36. The average molecular weight is 505 g/mol. The molecule has 0 aromatic heterocycles. The molecule has 0 fully saturated rings. The van der Waals surface area contributed by atoms with Crippen LogP contribution in [0.1, 0.15) is 32.1 Å². The molecule has 17 heteroatoms. The number of primary amides is 1. The first-order valence-electron chi connectivity index (χ1n) is 10.3. The van der Waals surface area contributed by atoms with E-state index in [1.54, 1.807) is 0 Å². The maximum Gasteiger partial charge on any atom is 0.326 e. The molecule has 0 aromatic carbocycles. The Morgan fingerprint density at radius 1 is 0.800 bits per heavy atom. The zero-order chi connectivity index (χ0) is 27.1. The Morgan fingerprint density at radius 2 is 1.34 bits per heavy atom.